The number of methoxy groups -OCH3 is 1. The molecule has 2 N–H and O–H groups in total. The minimum atomic E-state index is -3.12. The van der Waals surface area contributed by atoms with Crippen LogP contribution in [0.3, 0.4) is 0 Å². The van der Waals surface area contributed by atoms with Crippen molar-refractivity contribution in [3.63, 3.8) is 0 Å². The van der Waals surface area contributed by atoms with Gasteiger partial charge in [-0.1, -0.05) is 0 Å². The molecule has 1 aromatic heterocycles. The lowest BCUT2D eigenvalue weighted by atomic mass is 10.4. The van der Waals surface area contributed by atoms with Gasteiger partial charge < -0.3 is 10.1 Å². The van der Waals surface area contributed by atoms with Crippen LogP contribution in [0.1, 0.15) is 0 Å². The Morgan fingerprint density at radius 2 is 2.19 bits per heavy atom. The van der Waals surface area contributed by atoms with Gasteiger partial charge >= 0.3 is 0 Å². The van der Waals surface area contributed by atoms with E-state index in [1.54, 1.807) is 18.3 Å². The first kappa shape index (κ1) is 12.7. The van der Waals surface area contributed by atoms with Crippen LogP contribution in [0.25, 0.3) is 0 Å². The van der Waals surface area contributed by atoms with Gasteiger partial charge in [0.2, 0.25) is 15.9 Å². The van der Waals surface area contributed by atoms with E-state index < -0.39 is 10.0 Å². The number of hydrogen-bond donors (Lipinski definition) is 2. The fourth-order valence-corrected chi connectivity index (χ4v) is 1.55. The number of sulfonamides is 1. The molecule has 0 amide bonds. The molecular weight excluding hydrogens is 230 g/mol. The molecule has 0 aromatic carbocycles. The quantitative estimate of drug-likeness (QED) is 0.692. The molecular formula is C9H15N3O3S. The third kappa shape index (κ3) is 4.94. The summed E-state index contributed by atoms with van der Waals surface area (Å²) in [5.74, 6) is 0.515. The van der Waals surface area contributed by atoms with Gasteiger partial charge in [-0.05, 0) is 6.07 Å². The van der Waals surface area contributed by atoms with Gasteiger partial charge in [-0.2, -0.15) is 0 Å². The summed E-state index contributed by atoms with van der Waals surface area (Å²) in [5, 5.41) is 3.04. The fraction of sp³-hybridized carbons (Fsp3) is 0.444. The molecule has 0 bridgehead atoms. The number of hydrogen-bond acceptors (Lipinski definition) is 5. The van der Waals surface area contributed by atoms with Crippen LogP contribution in [0.4, 0.5) is 5.69 Å². The molecule has 0 saturated carbocycles. The Kier molecular flexibility index (Phi) is 4.51. The van der Waals surface area contributed by atoms with Crippen LogP contribution in [0.15, 0.2) is 18.3 Å². The molecule has 16 heavy (non-hydrogen) atoms. The van der Waals surface area contributed by atoms with E-state index in [9.17, 15) is 8.42 Å². The largest absolute Gasteiger partial charge is 0.481 e. The lowest BCUT2D eigenvalue weighted by molar-refractivity contribution is 0.398. The van der Waals surface area contributed by atoms with Gasteiger partial charge in [-0.3, -0.25) is 0 Å². The minimum Gasteiger partial charge on any atom is -0.481 e. The molecule has 0 fully saturated rings. The Bertz CT molecular complexity index is 433. The highest BCUT2D eigenvalue weighted by molar-refractivity contribution is 7.88. The SMILES string of the molecule is COc1cc(NCCNS(C)(=O)=O)ccn1. The molecule has 0 radical (unpaired) electrons. The normalized spacial score (nSPS) is 11.1. The molecule has 7 heteroatoms. The molecule has 1 aromatic rings. The zero-order valence-electron chi connectivity index (χ0n) is 9.23. The summed E-state index contributed by atoms with van der Waals surface area (Å²) in [6.45, 7) is 0.837. The number of ether oxygens (including phenoxy) is 1. The molecule has 6 nitrogen and oxygen atoms in total. The van der Waals surface area contributed by atoms with Gasteiger partial charge in [0.05, 0.1) is 13.4 Å². The minimum absolute atomic E-state index is 0.337. The standard InChI is InChI=1S/C9H15N3O3S/c1-15-9-7-8(3-4-11-9)10-5-6-12-16(2,13)14/h3-4,7,12H,5-6H2,1-2H3,(H,10,11). The second-order valence-electron chi connectivity index (χ2n) is 3.18. The van der Waals surface area contributed by atoms with Crippen LogP contribution < -0.4 is 14.8 Å². The van der Waals surface area contributed by atoms with E-state index in [1.165, 1.54) is 7.11 Å². The van der Waals surface area contributed by atoms with E-state index in [0.717, 1.165) is 11.9 Å². The summed E-state index contributed by atoms with van der Waals surface area (Å²) in [5.41, 5.74) is 0.835. The zero-order valence-corrected chi connectivity index (χ0v) is 10.0. The average molecular weight is 245 g/mol. The molecule has 0 atom stereocenters. The maximum absolute atomic E-state index is 10.8. The van der Waals surface area contributed by atoms with Gasteiger partial charge in [0, 0.05) is 31.0 Å². The van der Waals surface area contributed by atoms with Crippen LogP contribution >= 0.6 is 0 Å². The highest BCUT2D eigenvalue weighted by Crippen LogP contribution is 2.12. The van der Waals surface area contributed by atoms with Crippen LogP contribution in [-0.4, -0.2) is 39.9 Å². The van der Waals surface area contributed by atoms with E-state index in [4.69, 9.17) is 4.74 Å². The molecule has 0 aliphatic heterocycles. The number of anilines is 1. The number of rotatable bonds is 6. The first-order valence-electron chi connectivity index (χ1n) is 4.70. The first-order valence-corrected chi connectivity index (χ1v) is 6.59. The lowest BCUT2D eigenvalue weighted by Crippen LogP contribution is -2.27. The van der Waals surface area contributed by atoms with Gasteiger partial charge in [-0.25, -0.2) is 18.1 Å². The topological polar surface area (TPSA) is 80.3 Å². The molecule has 0 aliphatic carbocycles. The lowest BCUT2D eigenvalue weighted by Gasteiger charge is -2.07. The van der Waals surface area contributed by atoms with E-state index >= 15 is 0 Å². The second-order valence-corrected chi connectivity index (χ2v) is 5.01. The summed E-state index contributed by atoms with van der Waals surface area (Å²) in [6, 6.07) is 3.52. The van der Waals surface area contributed by atoms with Crippen LogP contribution in [0.5, 0.6) is 5.88 Å². The van der Waals surface area contributed by atoms with Gasteiger partial charge in [0.25, 0.3) is 0 Å². The predicted molar refractivity (Wildman–Crippen MR) is 62.1 cm³/mol. The van der Waals surface area contributed by atoms with Crippen molar-refractivity contribution >= 4 is 15.7 Å². The summed E-state index contributed by atoms with van der Waals surface area (Å²) in [7, 11) is -1.58. The molecule has 1 rings (SSSR count). The number of nitrogens with zero attached hydrogens (tertiary/aromatic N) is 1. The van der Waals surface area contributed by atoms with Gasteiger partial charge in [0.15, 0.2) is 0 Å². The smallest absolute Gasteiger partial charge is 0.214 e. The summed E-state index contributed by atoms with van der Waals surface area (Å²) in [6.07, 6.45) is 2.74. The Morgan fingerprint density at radius 1 is 1.44 bits per heavy atom. The van der Waals surface area contributed by atoms with Crippen molar-refractivity contribution < 1.29 is 13.2 Å². The van der Waals surface area contributed by atoms with E-state index in [2.05, 4.69) is 15.0 Å². The predicted octanol–water partition coefficient (Wildman–Crippen LogP) is 0.0513. The molecule has 0 unspecified atom stereocenters. The maximum Gasteiger partial charge on any atom is 0.214 e. The fourth-order valence-electron chi connectivity index (χ4n) is 1.07. The molecule has 0 saturated heterocycles. The number of aromatic nitrogens is 1. The van der Waals surface area contributed by atoms with Crippen molar-refractivity contribution in [2.75, 3.05) is 31.8 Å². The summed E-state index contributed by atoms with van der Waals surface area (Å²) in [4.78, 5) is 3.95. The van der Waals surface area contributed by atoms with Crippen LogP contribution in [0.2, 0.25) is 0 Å². The third-order valence-electron chi connectivity index (χ3n) is 1.76. The highest BCUT2D eigenvalue weighted by Gasteiger charge is 1.99. The van der Waals surface area contributed by atoms with Crippen LogP contribution in [-0.2, 0) is 10.0 Å². The third-order valence-corrected chi connectivity index (χ3v) is 2.49. The zero-order chi connectivity index (χ0) is 12.0. The average Bonchev–Trinajstić information content (AvgIpc) is 2.23. The monoisotopic (exact) mass is 245 g/mol. The highest BCUT2D eigenvalue weighted by atomic mass is 32.2. The van der Waals surface area contributed by atoms with Crippen molar-refractivity contribution in [3.05, 3.63) is 18.3 Å². The van der Waals surface area contributed by atoms with Gasteiger partial charge in [-0.15, -0.1) is 0 Å². The van der Waals surface area contributed by atoms with Crippen molar-refractivity contribution in [2.24, 2.45) is 0 Å². The van der Waals surface area contributed by atoms with Crippen molar-refractivity contribution in [3.8, 4) is 5.88 Å². The number of pyridine rings is 1. The Labute approximate surface area is 95.1 Å². The Morgan fingerprint density at radius 3 is 2.81 bits per heavy atom. The van der Waals surface area contributed by atoms with Gasteiger partial charge in [0.1, 0.15) is 0 Å². The Hall–Kier alpha value is -1.34. The van der Waals surface area contributed by atoms with Crippen LogP contribution in [0, 0.1) is 0 Å². The summed E-state index contributed by atoms with van der Waals surface area (Å²) >= 11 is 0. The molecule has 0 spiro atoms. The maximum atomic E-state index is 10.8. The van der Waals surface area contributed by atoms with E-state index in [-0.39, 0.29) is 0 Å². The number of nitrogens with one attached hydrogen (secondary N) is 2. The Balaban J connectivity index is 2.37. The molecule has 1 heterocycles. The van der Waals surface area contributed by atoms with E-state index in [1.807, 2.05) is 0 Å². The van der Waals surface area contributed by atoms with E-state index in [0.29, 0.717) is 19.0 Å². The molecule has 90 valence electrons. The van der Waals surface area contributed by atoms with Crippen molar-refractivity contribution in [2.45, 2.75) is 0 Å². The van der Waals surface area contributed by atoms with Crippen molar-refractivity contribution in [1.82, 2.24) is 9.71 Å². The molecule has 0 aliphatic rings. The first-order chi connectivity index (χ1) is 7.51. The summed E-state index contributed by atoms with van der Waals surface area (Å²) < 4.78 is 28.9. The van der Waals surface area contributed by atoms with Crippen molar-refractivity contribution in [1.29, 1.82) is 0 Å². The second kappa shape index (κ2) is 5.66.